The van der Waals surface area contributed by atoms with Gasteiger partial charge in [-0.05, 0) is 30.9 Å². The minimum absolute atomic E-state index is 0.0897. The van der Waals surface area contributed by atoms with E-state index >= 15 is 0 Å². The van der Waals surface area contributed by atoms with Gasteiger partial charge in [0.15, 0.2) is 5.13 Å². The van der Waals surface area contributed by atoms with E-state index in [1.807, 2.05) is 30.4 Å². The van der Waals surface area contributed by atoms with Gasteiger partial charge in [-0.3, -0.25) is 4.79 Å². The average Bonchev–Trinajstić information content (AvgIpc) is 3.24. The van der Waals surface area contributed by atoms with Crippen molar-refractivity contribution in [3.8, 4) is 0 Å². The molecular weight excluding hydrogens is 332 g/mol. The van der Waals surface area contributed by atoms with Gasteiger partial charge in [0.1, 0.15) is 0 Å². The Morgan fingerprint density at radius 3 is 3.04 bits per heavy atom. The van der Waals surface area contributed by atoms with Crippen LogP contribution in [0.1, 0.15) is 35.7 Å². The van der Waals surface area contributed by atoms with Crippen LogP contribution in [-0.2, 0) is 17.8 Å². The lowest BCUT2D eigenvalue weighted by molar-refractivity contribution is -0.123. The lowest BCUT2D eigenvalue weighted by Gasteiger charge is -2.21. The van der Waals surface area contributed by atoms with Gasteiger partial charge in [0.25, 0.3) is 0 Å². The van der Waals surface area contributed by atoms with Gasteiger partial charge in [0.2, 0.25) is 5.91 Å². The molecule has 2 heterocycles. The number of rotatable bonds is 4. The number of H-pyrrole nitrogens is 1. The quantitative estimate of drug-likeness (QED) is 0.755. The summed E-state index contributed by atoms with van der Waals surface area (Å²) < 4.78 is 0. The monoisotopic (exact) mass is 354 g/mol. The molecule has 25 heavy (non-hydrogen) atoms. The maximum Gasteiger partial charge on any atom is 0.229 e. The van der Waals surface area contributed by atoms with Gasteiger partial charge < -0.3 is 15.2 Å². The molecule has 2 N–H and O–H groups in total. The highest BCUT2D eigenvalue weighted by Crippen LogP contribution is 2.36. The maximum absolute atomic E-state index is 12.8. The fourth-order valence-electron chi connectivity index (χ4n) is 3.56. The van der Waals surface area contributed by atoms with E-state index in [-0.39, 0.29) is 11.8 Å². The summed E-state index contributed by atoms with van der Waals surface area (Å²) in [5.74, 6) is -0.00462. The molecule has 1 amide bonds. The van der Waals surface area contributed by atoms with Crippen molar-refractivity contribution in [2.45, 2.75) is 31.7 Å². The Kier molecular flexibility index (Phi) is 4.21. The number of anilines is 1. The number of para-hydroxylation sites is 1. The van der Waals surface area contributed by atoms with E-state index in [0.717, 1.165) is 41.3 Å². The molecule has 0 saturated heterocycles. The van der Waals surface area contributed by atoms with E-state index in [2.05, 4.69) is 33.5 Å². The van der Waals surface area contributed by atoms with Crippen LogP contribution in [0.25, 0.3) is 10.9 Å². The van der Waals surface area contributed by atoms with Crippen LogP contribution in [0.15, 0.2) is 29.6 Å². The molecule has 6 heteroatoms. The third-order valence-electron chi connectivity index (χ3n) is 4.80. The molecule has 1 aromatic carbocycles. The number of fused-ring (bicyclic) bond motifs is 3. The molecule has 0 fully saturated rings. The number of aromatic amines is 1. The summed E-state index contributed by atoms with van der Waals surface area (Å²) in [6, 6.07) is 8.32. The van der Waals surface area contributed by atoms with Gasteiger partial charge in [0, 0.05) is 36.1 Å². The van der Waals surface area contributed by atoms with Crippen LogP contribution in [0.5, 0.6) is 0 Å². The van der Waals surface area contributed by atoms with E-state index in [0.29, 0.717) is 6.54 Å². The topological polar surface area (TPSA) is 61.0 Å². The fraction of sp³-hybridized carbons (Fsp3) is 0.368. The van der Waals surface area contributed by atoms with E-state index in [9.17, 15) is 4.79 Å². The normalized spacial score (nSPS) is 16.6. The van der Waals surface area contributed by atoms with Crippen LogP contribution in [0.2, 0.25) is 0 Å². The molecule has 5 nitrogen and oxygen atoms in total. The summed E-state index contributed by atoms with van der Waals surface area (Å²) in [4.78, 5) is 22.8. The molecule has 0 unspecified atom stereocenters. The Balaban J connectivity index is 1.51. The number of hydrogen-bond donors (Lipinski definition) is 2. The summed E-state index contributed by atoms with van der Waals surface area (Å²) in [6.07, 6.45) is 2.99. The summed E-state index contributed by atoms with van der Waals surface area (Å²) in [5.41, 5.74) is 4.44. The molecule has 1 aliphatic carbocycles. The zero-order valence-corrected chi connectivity index (χ0v) is 15.3. The molecule has 1 aliphatic rings. The molecule has 3 aromatic rings. The largest absolute Gasteiger partial charge is 0.357 e. The molecule has 130 valence electrons. The van der Waals surface area contributed by atoms with Crippen LogP contribution >= 0.6 is 11.3 Å². The number of benzene rings is 1. The molecule has 0 bridgehead atoms. The first kappa shape index (κ1) is 16.1. The van der Waals surface area contributed by atoms with E-state index < -0.39 is 0 Å². The fourth-order valence-corrected chi connectivity index (χ4v) is 4.32. The lowest BCUT2D eigenvalue weighted by Crippen LogP contribution is -2.31. The Morgan fingerprint density at radius 2 is 2.24 bits per heavy atom. The van der Waals surface area contributed by atoms with Crippen molar-refractivity contribution in [2.24, 2.45) is 0 Å². The second-order valence-corrected chi connectivity index (χ2v) is 7.58. The SMILES string of the molecule is CN(C)c1nc(CNC(=O)[C@@H]2CCCc3c2[nH]c2ccccc32)cs1. The summed E-state index contributed by atoms with van der Waals surface area (Å²) >= 11 is 1.59. The van der Waals surface area contributed by atoms with Crippen molar-refractivity contribution in [2.75, 3.05) is 19.0 Å². The number of aromatic nitrogens is 2. The number of carbonyl (C=O) groups is 1. The van der Waals surface area contributed by atoms with Crippen molar-refractivity contribution in [3.63, 3.8) is 0 Å². The minimum atomic E-state index is -0.0943. The van der Waals surface area contributed by atoms with E-state index in [1.54, 1.807) is 11.3 Å². The van der Waals surface area contributed by atoms with E-state index in [1.165, 1.54) is 10.9 Å². The van der Waals surface area contributed by atoms with Crippen LogP contribution in [0, 0.1) is 0 Å². The predicted molar refractivity (Wildman–Crippen MR) is 102 cm³/mol. The summed E-state index contributed by atoms with van der Waals surface area (Å²) in [5, 5.41) is 7.29. The molecule has 2 aromatic heterocycles. The van der Waals surface area contributed by atoms with E-state index in [4.69, 9.17) is 0 Å². The van der Waals surface area contributed by atoms with Crippen LogP contribution in [0.4, 0.5) is 5.13 Å². The van der Waals surface area contributed by atoms with Gasteiger partial charge in [-0.25, -0.2) is 4.98 Å². The number of carbonyl (C=O) groups excluding carboxylic acids is 1. The maximum atomic E-state index is 12.8. The van der Waals surface area contributed by atoms with Gasteiger partial charge in [-0.2, -0.15) is 0 Å². The molecule has 0 radical (unpaired) electrons. The molecule has 0 aliphatic heterocycles. The molecule has 0 spiro atoms. The highest BCUT2D eigenvalue weighted by atomic mass is 32.1. The standard InChI is InChI=1S/C19H22N4OS/c1-23(2)19-21-12(11-25-19)10-20-18(24)15-8-5-7-14-13-6-3-4-9-16(13)22-17(14)15/h3-4,6,9,11,15,22H,5,7-8,10H2,1-2H3,(H,20,24)/t15-/m1/s1. The number of amides is 1. The Morgan fingerprint density at radius 1 is 1.40 bits per heavy atom. The molecule has 1 atom stereocenters. The zero-order valence-electron chi connectivity index (χ0n) is 14.5. The van der Waals surface area contributed by atoms with Crippen LogP contribution in [-0.4, -0.2) is 30.0 Å². The highest BCUT2D eigenvalue weighted by Gasteiger charge is 2.29. The Labute approximate surface area is 151 Å². The number of thiazole rings is 1. The van der Waals surface area contributed by atoms with Crippen molar-refractivity contribution >= 4 is 33.3 Å². The van der Waals surface area contributed by atoms with Crippen molar-refractivity contribution in [1.29, 1.82) is 0 Å². The number of aryl methyl sites for hydroxylation is 1. The van der Waals surface area contributed by atoms with Gasteiger partial charge in [0.05, 0.1) is 18.2 Å². The lowest BCUT2D eigenvalue weighted by atomic mass is 9.86. The van der Waals surface area contributed by atoms with Crippen molar-refractivity contribution in [1.82, 2.24) is 15.3 Å². The van der Waals surface area contributed by atoms with Crippen molar-refractivity contribution in [3.05, 3.63) is 46.6 Å². The Hall–Kier alpha value is -2.34. The molecule has 4 rings (SSSR count). The van der Waals surface area contributed by atoms with Crippen LogP contribution < -0.4 is 10.2 Å². The van der Waals surface area contributed by atoms with Gasteiger partial charge in [-0.1, -0.05) is 18.2 Å². The summed E-state index contributed by atoms with van der Waals surface area (Å²) in [6.45, 7) is 0.481. The third-order valence-corrected chi connectivity index (χ3v) is 5.85. The smallest absolute Gasteiger partial charge is 0.229 e. The Bertz CT molecular complexity index is 911. The minimum Gasteiger partial charge on any atom is -0.357 e. The first-order chi connectivity index (χ1) is 12.1. The molecular formula is C19H22N4OS. The zero-order chi connectivity index (χ0) is 17.4. The predicted octanol–water partition coefficient (Wildman–Crippen LogP) is 3.43. The van der Waals surface area contributed by atoms with Gasteiger partial charge >= 0.3 is 0 Å². The van der Waals surface area contributed by atoms with Crippen LogP contribution in [0.3, 0.4) is 0 Å². The third kappa shape index (κ3) is 3.02. The van der Waals surface area contributed by atoms with Crippen molar-refractivity contribution < 1.29 is 4.79 Å². The molecule has 0 saturated carbocycles. The first-order valence-corrected chi connectivity index (χ1v) is 9.50. The van der Waals surface area contributed by atoms with Gasteiger partial charge in [-0.15, -0.1) is 11.3 Å². The second kappa shape index (κ2) is 6.52. The first-order valence-electron chi connectivity index (χ1n) is 8.62. The number of nitrogens with zero attached hydrogens (tertiary/aromatic N) is 2. The number of nitrogens with one attached hydrogen (secondary N) is 2. The second-order valence-electron chi connectivity index (χ2n) is 6.74. The highest BCUT2D eigenvalue weighted by molar-refractivity contribution is 7.13. The average molecular weight is 354 g/mol. The number of hydrogen-bond acceptors (Lipinski definition) is 4. The summed E-state index contributed by atoms with van der Waals surface area (Å²) in [7, 11) is 3.95.